The molecule has 19 heavy (non-hydrogen) atoms. The van der Waals surface area contributed by atoms with Crippen LogP contribution in [0.25, 0.3) is 11.5 Å². The van der Waals surface area contributed by atoms with Crippen LogP contribution < -0.4 is 10.1 Å². The van der Waals surface area contributed by atoms with E-state index < -0.39 is 0 Å². The summed E-state index contributed by atoms with van der Waals surface area (Å²) >= 11 is 0. The molecule has 0 radical (unpaired) electrons. The Kier molecular flexibility index (Phi) is 4.16. The third kappa shape index (κ3) is 3.32. The van der Waals surface area contributed by atoms with Crippen molar-refractivity contribution < 1.29 is 9.26 Å². The van der Waals surface area contributed by atoms with Crippen molar-refractivity contribution in [1.29, 1.82) is 0 Å². The summed E-state index contributed by atoms with van der Waals surface area (Å²) in [7, 11) is 1.63. The second kappa shape index (κ2) is 5.84. The predicted molar refractivity (Wildman–Crippen MR) is 73.0 cm³/mol. The molecule has 102 valence electrons. The number of aryl methyl sites for hydroxylation is 1. The molecule has 0 spiro atoms. The monoisotopic (exact) mass is 261 g/mol. The third-order valence-electron chi connectivity index (χ3n) is 2.72. The third-order valence-corrected chi connectivity index (χ3v) is 2.72. The molecule has 1 heterocycles. The molecule has 5 nitrogen and oxygen atoms in total. The quantitative estimate of drug-likeness (QED) is 0.896. The summed E-state index contributed by atoms with van der Waals surface area (Å²) in [5, 5.41) is 7.22. The van der Waals surface area contributed by atoms with Gasteiger partial charge in [-0.05, 0) is 19.1 Å². The lowest BCUT2D eigenvalue weighted by Crippen LogP contribution is -2.22. The number of aromatic nitrogens is 2. The van der Waals surface area contributed by atoms with Crippen molar-refractivity contribution in [3.63, 3.8) is 0 Å². The molecule has 0 aliphatic carbocycles. The summed E-state index contributed by atoms with van der Waals surface area (Å²) in [4.78, 5) is 4.38. The second-order valence-electron chi connectivity index (χ2n) is 4.76. The van der Waals surface area contributed by atoms with Gasteiger partial charge in [0.25, 0.3) is 5.89 Å². The first-order valence-corrected chi connectivity index (χ1v) is 6.31. The Labute approximate surface area is 113 Å². The van der Waals surface area contributed by atoms with Crippen LogP contribution in [-0.4, -0.2) is 23.3 Å². The van der Waals surface area contributed by atoms with Crippen LogP contribution in [0.1, 0.15) is 25.2 Å². The van der Waals surface area contributed by atoms with Gasteiger partial charge in [0, 0.05) is 6.04 Å². The number of benzene rings is 1. The highest BCUT2D eigenvalue weighted by molar-refractivity contribution is 5.63. The molecule has 0 saturated heterocycles. The fourth-order valence-corrected chi connectivity index (χ4v) is 1.72. The zero-order chi connectivity index (χ0) is 13.8. The van der Waals surface area contributed by atoms with Crippen molar-refractivity contribution in [3.8, 4) is 17.2 Å². The highest BCUT2D eigenvalue weighted by atomic mass is 16.5. The lowest BCUT2D eigenvalue weighted by Gasteiger charge is -2.05. The molecule has 1 N–H and O–H groups in total. The van der Waals surface area contributed by atoms with Gasteiger partial charge in [-0.15, -0.1) is 0 Å². The second-order valence-corrected chi connectivity index (χ2v) is 4.76. The van der Waals surface area contributed by atoms with Gasteiger partial charge in [0.15, 0.2) is 5.82 Å². The minimum Gasteiger partial charge on any atom is -0.496 e. The maximum atomic E-state index is 5.32. The molecule has 0 aliphatic rings. The number of hydrogen-bond donors (Lipinski definition) is 1. The molecule has 0 bridgehead atoms. The molecular formula is C14H19N3O2. The van der Waals surface area contributed by atoms with Crippen molar-refractivity contribution >= 4 is 0 Å². The van der Waals surface area contributed by atoms with E-state index in [2.05, 4.69) is 29.3 Å². The molecule has 2 rings (SSSR count). The molecule has 1 aromatic carbocycles. The topological polar surface area (TPSA) is 60.2 Å². The number of rotatable bonds is 5. The van der Waals surface area contributed by atoms with Gasteiger partial charge in [0.2, 0.25) is 0 Å². The zero-order valence-electron chi connectivity index (χ0n) is 11.7. The minimum atomic E-state index is 0.385. The molecular weight excluding hydrogens is 242 g/mol. The van der Waals surface area contributed by atoms with Gasteiger partial charge in [-0.1, -0.05) is 30.6 Å². The van der Waals surface area contributed by atoms with Crippen LogP contribution in [0.15, 0.2) is 22.7 Å². The van der Waals surface area contributed by atoms with E-state index in [9.17, 15) is 0 Å². The van der Waals surface area contributed by atoms with Gasteiger partial charge in [0.1, 0.15) is 5.75 Å². The van der Waals surface area contributed by atoms with E-state index in [1.54, 1.807) is 7.11 Å². The first kappa shape index (κ1) is 13.5. The van der Waals surface area contributed by atoms with Crippen LogP contribution in [0.3, 0.4) is 0 Å². The number of nitrogens with one attached hydrogen (secondary N) is 1. The average Bonchev–Trinajstić information content (AvgIpc) is 2.85. The van der Waals surface area contributed by atoms with Crippen molar-refractivity contribution in [2.24, 2.45) is 0 Å². The van der Waals surface area contributed by atoms with Crippen molar-refractivity contribution in [2.75, 3.05) is 7.11 Å². The lowest BCUT2D eigenvalue weighted by atomic mass is 10.1. The summed E-state index contributed by atoms with van der Waals surface area (Å²) in [5.41, 5.74) is 1.95. The average molecular weight is 261 g/mol. The lowest BCUT2D eigenvalue weighted by molar-refractivity contribution is 0.401. The van der Waals surface area contributed by atoms with Crippen molar-refractivity contribution in [3.05, 3.63) is 29.6 Å². The van der Waals surface area contributed by atoms with E-state index in [1.165, 1.54) is 0 Å². The first-order valence-electron chi connectivity index (χ1n) is 6.31. The van der Waals surface area contributed by atoms with E-state index in [-0.39, 0.29) is 0 Å². The van der Waals surface area contributed by atoms with Gasteiger partial charge in [-0.3, -0.25) is 0 Å². The Morgan fingerprint density at radius 2 is 2.16 bits per heavy atom. The molecule has 5 heteroatoms. The van der Waals surface area contributed by atoms with Crippen LogP contribution in [0.4, 0.5) is 0 Å². The normalized spacial score (nSPS) is 11.0. The van der Waals surface area contributed by atoms with Gasteiger partial charge >= 0.3 is 0 Å². The van der Waals surface area contributed by atoms with Crippen LogP contribution >= 0.6 is 0 Å². The Morgan fingerprint density at radius 1 is 1.37 bits per heavy atom. The maximum absolute atomic E-state index is 5.32. The smallest absolute Gasteiger partial charge is 0.261 e. The Bertz CT molecular complexity index is 549. The number of ether oxygens (including phenoxy) is 1. The first-order chi connectivity index (χ1) is 9.10. The summed E-state index contributed by atoms with van der Waals surface area (Å²) < 4.78 is 10.6. The Hall–Kier alpha value is -1.88. The van der Waals surface area contributed by atoms with Crippen LogP contribution in [-0.2, 0) is 6.54 Å². The number of nitrogens with zero attached hydrogens (tertiary/aromatic N) is 2. The summed E-state index contributed by atoms with van der Waals surface area (Å²) in [6, 6.07) is 6.25. The van der Waals surface area contributed by atoms with Crippen LogP contribution in [0, 0.1) is 6.92 Å². The van der Waals surface area contributed by atoms with Gasteiger partial charge in [0.05, 0.1) is 19.2 Å². The molecule has 0 fully saturated rings. The van der Waals surface area contributed by atoms with Gasteiger partial charge in [-0.25, -0.2) is 0 Å². The SMILES string of the molecule is COc1ccc(C)cc1-c1nc(CNC(C)C)no1. The molecule has 0 saturated carbocycles. The van der Waals surface area contributed by atoms with Crippen molar-refractivity contribution in [1.82, 2.24) is 15.5 Å². The molecule has 0 unspecified atom stereocenters. The minimum absolute atomic E-state index is 0.385. The van der Waals surface area contributed by atoms with E-state index in [4.69, 9.17) is 9.26 Å². The number of hydrogen-bond acceptors (Lipinski definition) is 5. The molecule has 0 atom stereocenters. The maximum Gasteiger partial charge on any atom is 0.261 e. The standard InChI is InChI=1S/C14H19N3O2/c1-9(2)15-8-13-16-14(19-17-13)11-7-10(3)5-6-12(11)18-4/h5-7,9,15H,8H2,1-4H3. The Balaban J connectivity index is 2.24. The van der Waals surface area contributed by atoms with E-state index >= 15 is 0 Å². The largest absolute Gasteiger partial charge is 0.496 e. The fraction of sp³-hybridized carbons (Fsp3) is 0.429. The summed E-state index contributed by atoms with van der Waals surface area (Å²) in [6.45, 7) is 6.75. The van der Waals surface area contributed by atoms with Crippen LogP contribution in [0.2, 0.25) is 0 Å². The summed E-state index contributed by atoms with van der Waals surface area (Å²) in [5.74, 6) is 1.87. The Morgan fingerprint density at radius 3 is 2.84 bits per heavy atom. The van der Waals surface area contributed by atoms with Gasteiger partial charge < -0.3 is 14.6 Å². The van der Waals surface area contributed by atoms with Crippen LogP contribution in [0.5, 0.6) is 5.75 Å². The molecule has 0 aliphatic heterocycles. The highest BCUT2D eigenvalue weighted by Gasteiger charge is 2.14. The highest BCUT2D eigenvalue weighted by Crippen LogP contribution is 2.29. The molecule has 1 aromatic heterocycles. The van der Waals surface area contributed by atoms with E-state index in [0.717, 1.165) is 16.9 Å². The summed E-state index contributed by atoms with van der Waals surface area (Å²) in [6.07, 6.45) is 0. The van der Waals surface area contributed by atoms with E-state index in [1.807, 2.05) is 25.1 Å². The number of methoxy groups -OCH3 is 1. The molecule has 0 amide bonds. The predicted octanol–water partition coefficient (Wildman–Crippen LogP) is 2.55. The van der Waals surface area contributed by atoms with Gasteiger partial charge in [-0.2, -0.15) is 4.98 Å². The van der Waals surface area contributed by atoms with Crippen molar-refractivity contribution in [2.45, 2.75) is 33.4 Å². The fourth-order valence-electron chi connectivity index (χ4n) is 1.72. The zero-order valence-corrected chi connectivity index (χ0v) is 11.7. The van der Waals surface area contributed by atoms with E-state index in [0.29, 0.717) is 24.3 Å². The molecule has 2 aromatic rings.